The maximum absolute atomic E-state index is 12.3. The highest BCUT2D eigenvalue weighted by atomic mass is 16.5. The van der Waals surface area contributed by atoms with Crippen molar-refractivity contribution in [3.8, 4) is 0 Å². The fourth-order valence-electron chi connectivity index (χ4n) is 3.05. The van der Waals surface area contributed by atoms with Crippen LogP contribution >= 0.6 is 0 Å². The van der Waals surface area contributed by atoms with Crippen LogP contribution in [0, 0.1) is 0 Å². The van der Waals surface area contributed by atoms with Gasteiger partial charge in [-0.2, -0.15) is 0 Å². The summed E-state index contributed by atoms with van der Waals surface area (Å²) >= 11 is 0. The van der Waals surface area contributed by atoms with Crippen LogP contribution in [0.3, 0.4) is 0 Å². The van der Waals surface area contributed by atoms with Crippen LogP contribution in [0.5, 0.6) is 0 Å². The Hall–Kier alpha value is -2.15. The first-order chi connectivity index (χ1) is 12.2. The molecule has 0 bridgehead atoms. The molecule has 0 spiro atoms. The Balaban J connectivity index is 1.49. The Morgan fingerprint density at radius 1 is 1.28 bits per heavy atom. The highest BCUT2D eigenvalue weighted by Crippen LogP contribution is 2.15. The van der Waals surface area contributed by atoms with E-state index in [4.69, 9.17) is 9.15 Å². The molecule has 1 saturated heterocycles. The van der Waals surface area contributed by atoms with Crippen molar-refractivity contribution in [3.05, 3.63) is 60.1 Å². The van der Waals surface area contributed by atoms with E-state index < -0.39 is 6.04 Å². The number of furan rings is 1. The zero-order valence-electron chi connectivity index (χ0n) is 14.1. The summed E-state index contributed by atoms with van der Waals surface area (Å²) in [4.78, 5) is 14.6. The summed E-state index contributed by atoms with van der Waals surface area (Å²) in [7, 11) is 0. The number of carbonyl (C=O) groups excluding carboxylic acids is 1. The normalized spacial score (nSPS) is 19.5. The SMILES string of the molecule is O=C(CC1CN(Cc2ccccc2)CCO1)NC(CO)c1ccco1. The highest BCUT2D eigenvalue weighted by molar-refractivity contribution is 5.77. The van der Waals surface area contributed by atoms with Gasteiger partial charge in [-0.05, 0) is 17.7 Å². The maximum atomic E-state index is 12.3. The van der Waals surface area contributed by atoms with Gasteiger partial charge in [-0.1, -0.05) is 30.3 Å². The number of benzene rings is 1. The number of morpholine rings is 1. The van der Waals surface area contributed by atoms with Crippen LogP contribution in [0.2, 0.25) is 0 Å². The molecule has 1 aliphatic heterocycles. The quantitative estimate of drug-likeness (QED) is 0.800. The lowest BCUT2D eigenvalue weighted by molar-refractivity contribution is -0.127. The second-order valence-corrected chi connectivity index (χ2v) is 6.24. The number of amides is 1. The van der Waals surface area contributed by atoms with Gasteiger partial charge in [-0.15, -0.1) is 0 Å². The second-order valence-electron chi connectivity index (χ2n) is 6.24. The van der Waals surface area contributed by atoms with Crippen LogP contribution in [0.1, 0.15) is 23.8 Å². The molecule has 6 nitrogen and oxygen atoms in total. The predicted octanol–water partition coefficient (Wildman–Crippen LogP) is 1.72. The first-order valence-electron chi connectivity index (χ1n) is 8.56. The van der Waals surface area contributed by atoms with E-state index in [1.165, 1.54) is 11.8 Å². The maximum Gasteiger partial charge on any atom is 0.223 e. The number of rotatable bonds is 7. The summed E-state index contributed by atoms with van der Waals surface area (Å²) in [5.41, 5.74) is 1.26. The smallest absolute Gasteiger partial charge is 0.223 e. The van der Waals surface area contributed by atoms with Crippen molar-refractivity contribution in [1.29, 1.82) is 0 Å². The minimum Gasteiger partial charge on any atom is -0.467 e. The van der Waals surface area contributed by atoms with E-state index in [1.807, 2.05) is 18.2 Å². The van der Waals surface area contributed by atoms with Gasteiger partial charge in [-0.25, -0.2) is 0 Å². The second kappa shape index (κ2) is 8.80. The van der Waals surface area contributed by atoms with Gasteiger partial charge in [0.1, 0.15) is 11.8 Å². The molecule has 1 fully saturated rings. The average molecular weight is 344 g/mol. The third-order valence-corrected chi connectivity index (χ3v) is 4.29. The lowest BCUT2D eigenvalue weighted by Crippen LogP contribution is -2.44. The largest absolute Gasteiger partial charge is 0.467 e. The number of hydrogen-bond donors (Lipinski definition) is 2. The molecule has 2 N–H and O–H groups in total. The van der Waals surface area contributed by atoms with Crippen LogP contribution in [0.15, 0.2) is 53.1 Å². The van der Waals surface area contributed by atoms with Crippen LogP contribution in [0.25, 0.3) is 0 Å². The first-order valence-corrected chi connectivity index (χ1v) is 8.56. The van der Waals surface area contributed by atoms with E-state index in [9.17, 15) is 9.90 Å². The van der Waals surface area contributed by atoms with Crippen molar-refractivity contribution < 1.29 is 19.1 Å². The molecule has 2 aromatic rings. The molecule has 3 rings (SSSR count). The van der Waals surface area contributed by atoms with E-state index >= 15 is 0 Å². The van der Waals surface area contributed by atoms with Crippen molar-refractivity contribution in [2.45, 2.75) is 25.1 Å². The van der Waals surface area contributed by atoms with Crippen molar-refractivity contribution in [1.82, 2.24) is 10.2 Å². The minimum atomic E-state index is -0.522. The van der Waals surface area contributed by atoms with Crippen molar-refractivity contribution in [3.63, 3.8) is 0 Å². The van der Waals surface area contributed by atoms with Crippen LogP contribution in [-0.4, -0.2) is 48.3 Å². The Morgan fingerprint density at radius 3 is 2.84 bits per heavy atom. The third-order valence-electron chi connectivity index (χ3n) is 4.29. The summed E-state index contributed by atoms with van der Waals surface area (Å²) < 4.78 is 11.0. The molecule has 134 valence electrons. The molecule has 6 heteroatoms. The van der Waals surface area contributed by atoms with E-state index in [0.717, 1.165) is 13.1 Å². The predicted molar refractivity (Wildman–Crippen MR) is 92.8 cm³/mol. The van der Waals surface area contributed by atoms with Crippen molar-refractivity contribution >= 4 is 5.91 Å². The summed E-state index contributed by atoms with van der Waals surface area (Å²) in [6.45, 7) is 2.84. The first kappa shape index (κ1) is 17.7. The molecule has 25 heavy (non-hydrogen) atoms. The molecule has 1 aliphatic rings. The molecule has 1 aromatic carbocycles. The number of aliphatic hydroxyl groups is 1. The minimum absolute atomic E-state index is 0.145. The fraction of sp³-hybridized carbons (Fsp3) is 0.421. The van der Waals surface area contributed by atoms with E-state index in [0.29, 0.717) is 18.9 Å². The Morgan fingerprint density at radius 2 is 2.12 bits per heavy atom. The summed E-state index contributed by atoms with van der Waals surface area (Å²) in [5.74, 6) is 0.396. The number of nitrogens with one attached hydrogen (secondary N) is 1. The number of nitrogens with zero attached hydrogens (tertiary/aromatic N) is 1. The zero-order valence-corrected chi connectivity index (χ0v) is 14.1. The Bertz CT molecular complexity index is 645. The lowest BCUT2D eigenvalue weighted by Gasteiger charge is -2.32. The molecule has 0 radical (unpaired) electrons. The van der Waals surface area contributed by atoms with Gasteiger partial charge in [0.2, 0.25) is 5.91 Å². The molecule has 2 unspecified atom stereocenters. The van der Waals surface area contributed by atoms with E-state index in [-0.39, 0.29) is 25.0 Å². The van der Waals surface area contributed by atoms with Crippen LogP contribution < -0.4 is 5.32 Å². The number of aliphatic hydroxyl groups excluding tert-OH is 1. The van der Waals surface area contributed by atoms with Gasteiger partial charge in [0.15, 0.2) is 0 Å². The number of ether oxygens (including phenoxy) is 1. The monoisotopic (exact) mass is 344 g/mol. The van der Waals surface area contributed by atoms with E-state index in [1.54, 1.807) is 12.1 Å². The molecule has 1 amide bonds. The molecule has 0 saturated carbocycles. The zero-order chi connectivity index (χ0) is 17.5. The van der Waals surface area contributed by atoms with Gasteiger partial charge in [-0.3, -0.25) is 9.69 Å². The molecule has 0 aliphatic carbocycles. The number of hydrogen-bond acceptors (Lipinski definition) is 5. The molecule has 2 atom stereocenters. The molecule has 2 heterocycles. The molecular weight excluding hydrogens is 320 g/mol. The summed E-state index contributed by atoms with van der Waals surface area (Å²) in [6.07, 6.45) is 1.65. The average Bonchev–Trinajstić information content (AvgIpc) is 3.15. The van der Waals surface area contributed by atoms with Gasteiger partial charge in [0.05, 0.1) is 32.0 Å². The van der Waals surface area contributed by atoms with Gasteiger partial charge >= 0.3 is 0 Å². The molecular formula is C19H24N2O4. The molecule has 1 aromatic heterocycles. The topological polar surface area (TPSA) is 74.9 Å². The highest BCUT2D eigenvalue weighted by Gasteiger charge is 2.24. The van der Waals surface area contributed by atoms with Gasteiger partial charge in [0, 0.05) is 19.6 Å². The van der Waals surface area contributed by atoms with Crippen molar-refractivity contribution in [2.24, 2.45) is 0 Å². The van der Waals surface area contributed by atoms with Gasteiger partial charge in [0.25, 0.3) is 0 Å². The lowest BCUT2D eigenvalue weighted by atomic mass is 10.1. The Kier molecular flexibility index (Phi) is 6.22. The number of carbonyl (C=O) groups is 1. The van der Waals surface area contributed by atoms with Crippen LogP contribution in [-0.2, 0) is 16.1 Å². The van der Waals surface area contributed by atoms with Crippen molar-refractivity contribution in [2.75, 3.05) is 26.3 Å². The van der Waals surface area contributed by atoms with E-state index in [2.05, 4.69) is 22.3 Å². The standard InChI is InChI=1S/C19H24N2O4/c22-14-17(18-7-4-9-25-18)20-19(23)11-16-13-21(8-10-24-16)12-15-5-2-1-3-6-15/h1-7,9,16-17,22H,8,10-14H2,(H,20,23). The summed E-state index contributed by atoms with van der Waals surface area (Å²) in [5, 5.41) is 12.2. The van der Waals surface area contributed by atoms with Gasteiger partial charge < -0.3 is 19.6 Å². The Labute approximate surface area is 147 Å². The fourth-order valence-corrected chi connectivity index (χ4v) is 3.05. The van der Waals surface area contributed by atoms with Crippen LogP contribution in [0.4, 0.5) is 0 Å². The third kappa shape index (κ3) is 5.16. The summed E-state index contributed by atoms with van der Waals surface area (Å²) in [6, 6.07) is 13.2.